The van der Waals surface area contributed by atoms with E-state index in [1.54, 1.807) is 0 Å². The van der Waals surface area contributed by atoms with E-state index >= 15 is 0 Å². The lowest BCUT2D eigenvalue weighted by molar-refractivity contribution is 0.416. The summed E-state index contributed by atoms with van der Waals surface area (Å²) in [6.45, 7) is -1.02. The van der Waals surface area contributed by atoms with Gasteiger partial charge in [0.25, 0.3) is 6.71 Å². The third-order valence-corrected chi connectivity index (χ3v) is 8.21. The van der Waals surface area contributed by atoms with E-state index in [1.165, 1.54) is 39.5 Å². The van der Waals surface area contributed by atoms with Crippen molar-refractivity contribution in [2.45, 2.75) is 0 Å². The van der Waals surface area contributed by atoms with Crippen molar-refractivity contribution in [3.8, 4) is 17.2 Å². The molecule has 34 heavy (non-hydrogen) atoms. The van der Waals surface area contributed by atoms with E-state index in [9.17, 15) is 0 Å². The molecule has 0 bridgehead atoms. The van der Waals surface area contributed by atoms with Crippen molar-refractivity contribution in [2.75, 3.05) is 21.3 Å². The number of hydrogen-bond donors (Lipinski definition) is 0. The zero-order valence-electron chi connectivity index (χ0n) is 17.4. The number of hydrogen-bond acceptors (Lipinski definition) is 3. The topological polar surface area (TPSA) is 27.7 Å². The molecule has 0 spiro atoms. The fourth-order valence-corrected chi connectivity index (χ4v) is 6.03. The molecule has 0 aliphatic carbocycles. The lowest BCUT2D eigenvalue weighted by atomic mass is 9.36. The van der Waals surface area contributed by atoms with E-state index in [0.717, 1.165) is 0 Å². The highest BCUT2D eigenvalue weighted by Crippen LogP contribution is 2.39. The Morgan fingerprint density at radius 2 is 0.676 bits per heavy atom. The van der Waals surface area contributed by atoms with Gasteiger partial charge in [0.1, 0.15) is 17.2 Å². The highest BCUT2D eigenvalue weighted by Gasteiger charge is 2.40. The first kappa shape index (κ1) is 28.3. The quantitative estimate of drug-likeness (QED) is 0.201. The third-order valence-electron chi connectivity index (χ3n) is 4.96. The SMILES string of the molecule is COc1c(Cl)cc(Cl)c(Cl)c1B(c1c(Cl)c(Cl)cc(Cl)c1OC)c1c(Cl)c(Cl)cc(Cl)c1OC. The van der Waals surface area contributed by atoms with Crippen LogP contribution in [0.25, 0.3) is 0 Å². The Labute approximate surface area is 242 Å². The van der Waals surface area contributed by atoms with E-state index in [-0.39, 0.29) is 78.8 Å². The predicted molar refractivity (Wildman–Crippen MR) is 149 cm³/mol. The minimum Gasteiger partial charge on any atom is -0.496 e. The number of ether oxygens (including phenoxy) is 3. The summed E-state index contributed by atoms with van der Waals surface area (Å²) in [4.78, 5) is 0. The van der Waals surface area contributed by atoms with E-state index in [4.69, 9.17) is 119 Å². The molecule has 0 saturated heterocycles. The lowest BCUT2D eigenvalue weighted by Crippen LogP contribution is -2.55. The van der Waals surface area contributed by atoms with E-state index in [2.05, 4.69) is 0 Å². The van der Waals surface area contributed by atoms with E-state index in [0.29, 0.717) is 0 Å². The molecule has 0 saturated carbocycles. The van der Waals surface area contributed by atoms with Crippen LogP contribution < -0.4 is 30.6 Å². The summed E-state index contributed by atoms with van der Waals surface area (Å²) in [6, 6.07) is 4.33. The average molecular weight is 642 g/mol. The van der Waals surface area contributed by atoms with Crippen LogP contribution in [0.4, 0.5) is 0 Å². The molecule has 0 aliphatic rings. The Balaban J connectivity index is 2.68. The van der Waals surface area contributed by atoms with Crippen molar-refractivity contribution in [1.82, 2.24) is 0 Å². The second-order valence-corrected chi connectivity index (χ2v) is 10.3. The molecule has 0 atom stereocenters. The Bertz CT molecular complexity index is 1130. The van der Waals surface area contributed by atoms with Crippen LogP contribution in [-0.2, 0) is 0 Å². The maximum absolute atomic E-state index is 6.73. The van der Waals surface area contributed by atoms with Crippen LogP contribution in [0.15, 0.2) is 18.2 Å². The minimum absolute atomic E-state index is 0.0938. The summed E-state index contributed by atoms with van der Waals surface area (Å²) in [5.41, 5.74) is 0.830. The molecular weight excluding hydrogens is 630 g/mol. The summed E-state index contributed by atoms with van der Waals surface area (Å²) < 4.78 is 16.8. The average Bonchev–Trinajstić information content (AvgIpc) is 2.78. The molecule has 0 heterocycles. The zero-order valence-corrected chi connectivity index (χ0v) is 24.2. The van der Waals surface area contributed by atoms with Crippen LogP contribution >= 0.6 is 104 Å². The second-order valence-electron chi connectivity index (χ2n) is 6.74. The lowest BCUT2D eigenvalue weighted by Gasteiger charge is -2.27. The van der Waals surface area contributed by atoms with Crippen molar-refractivity contribution in [1.29, 1.82) is 0 Å². The fourth-order valence-electron chi connectivity index (χ4n) is 3.62. The fraction of sp³-hybridized carbons (Fsp3) is 0.143. The molecule has 0 aromatic heterocycles. The largest absolute Gasteiger partial charge is 0.496 e. The highest BCUT2D eigenvalue weighted by atomic mass is 35.5. The molecule has 3 aromatic carbocycles. The van der Waals surface area contributed by atoms with Crippen LogP contribution in [0.2, 0.25) is 45.2 Å². The summed E-state index contributed by atoms with van der Waals surface area (Å²) in [6.07, 6.45) is 0. The van der Waals surface area contributed by atoms with Crippen LogP contribution in [0.5, 0.6) is 17.2 Å². The number of methoxy groups -OCH3 is 3. The number of halogens is 9. The zero-order chi connectivity index (χ0) is 25.5. The van der Waals surface area contributed by atoms with Gasteiger partial charge in [-0.1, -0.05) is 104 Å². The first-order valence-corrected chi connectivity index (χ1v) is 12.5. The summed E-state index contributed by atoms with van der Waals surface area (Å²) >= 11 is 58.9. The van der Waals surface area contributed by atoms with E-state index in [1.807, 2.05) is 0 Å². The molecule has 0 unspecified atom stereocenters. The van der Waals surface area contributed by atoms with E-state index < -0.39 is 6.71 Å². The van der Waals surface area contributed by atoms with Gasteiger partial charge < -0.3 is 14.2 Å². The Kier molecular flexibility index (Phi) is 9.51. The van der Waals surface area contributed by atoms with Gasteiger partial charge in [-0.15, -0.1) is 0 Å². The van der Waals surface area contributed by atoms with Crippen LogP contribution in [0.3, 0.4) is 0 Å². The monoisotopic (exact) mass is 638 g/mol. The molecule has 0 fully saturated rings. The Morgan fingerprint density at radius 3 is 0.882 bits per heavy atom. The van der Waals surface area contributed by atoms with Crippen molar-refractivity contribution < 1.29 is 14.2 Å². The maximum atomic E-state index is 6.73. The van der Waals surface area contributed by atoms with Crippen LogP contribution in [0, 0.1) is 0 Å². The molecule has 0 radical (unpaired) electrons. The minimum atomic E-state index is -1.02. The highest BCUT2D eigenvalue weighted by molar-refractivity contribution is 7.01. The molecule has 0 amide bonds. The molecule has 0 aliphatic heterocycles. The molecule has 3 nitrogen and oxygen atoms in total. The van der Waals surface area contributed by atoms with Gasteiger partial charge in [-0.3, -0.25) is 0 Å². The van der Waals surface area contributed by atoms with Gasteiger partial charge in [0.15, 0.2) is 0 Å². The standard InChI is InChI=1S/C21H12BCl9O3/c1-32-19-10(26)4-7(23)16(29)13(19)22(14-17(30)8(24)5-11(27)20(14)33-2)15-18(31)9(25)6-12(28)21(15)34-3/h4-6H,1-3H3. The molecule has 180 valence electrons. The Morgan fingerprint density at radius 1 is 0.441 bits per heavy atom. The van der Waals surface area contributed by atoms with Crippen LogP contribution in [-0.4, -0.2) is 28.0 Å². The molecule has 3 rings (SSSR count). The second kappa shape index (κ2) is 11.4. The van der Waals surface area contributed by atoms with Crippen molar-refractivity contribution in [2.24, 2.45) is 0 Å². The van der Waals surface area contributed by atoms with Gasteiger partial charge in [-0.2, -0.15) is 0 Å². The van der Waals surface area contributed by atoms with Crippen molar-refractivity contribution >= 4 is 128 Å². The number of benzene rings is 3. The molecular formula is C21H12BCl9O3. The van der Waals surface area contributed by atoms with Crippen molar-refractivity contribution in [3.63, 3.8) is 0 Å². The molecule has 0 N–H and O–H groups in total. The maximum Gasteiger partial charge on any atom is 0.261 e. The third kappa shape index (κ3) is 4.96. The summed E-state index contributed by atoms with van der Waals surface area (Å²) in [7, 11) is 4.25. The number of rotatable bonds is 6. The van der Waals surface area contributed by atoms with Gasteiger partial charge in [0.05, 0.1) is 66.5 Å². The van der Waals surface area contributed by atoms with Gasteiger partial charge in [0, 0.05) is 0 Å². The molecule has 3 aromatic rings. The van der Waals surface area contributed by atoms with Crippen LogP contribution in [0.1, 0.15) is 0 Å². The first-order valence-electron chi connectivity index (χ1n) is 9.14. The summed E-state index contributed by atoms with van der Waals surface area (Å²) in [5.74, 6) is 0.554. The predicted octanol–water partition coefficient (Wildman–Crippen LogP) is 8.11. The smallest absolute Gasteiger partial charge is 0.261 e. The normalized spacial score (nSPS) is 10.9. The van der Waals surface area contributed by atoms with Gasteiger partial charge in [-0.25, -0.2) is 0 Å². The summed E-state index contributed by atoms with van der Waals surface area (Å²) in [5, 5.41) is 1.20. The van der Waals surface area contributed by atoms with Crippen molar-refractivity contribution in [3.05, 3.63) is 63.4 Å². The van der Waals surface area contributed by atoms with Gasteiger partial charge in [0.2, 0.25) is 0 Å². The van der Waals surface area contributed by atoms with Gasteiger partial charge in [-0.05, 0) is 34.6 Å². The first-order chi connectivity index (χ1) is 16.0. The van der Waals surface area contributed by atoms with Gasteiger partial charge >= 0.3 is 0 Å². The molecule has 13 heteroatoms. The Hall–Kier alpha value is -0.265.